The molecule has 5 N–H and O–H groups in total. The maximum Gasteiger partial charge on any atom is 0.328 e. The molecule has 11 heteroatoms. The van der Waals surface area contributed by atoms with E-state index in [1.165, 1.54) is 0 Å². The highest BCUT2D eigenvalue weighted by Crippen LogP contribution is 2.34. The number of esters is 2. The monoisotopic (exact) mass is 483 g/mol. The van der Waals surface area contributed by atoms with Crippen molar-refractivity contribution < 1.29 is 29.0 Å². The van der Waals surface area contributed by atoms with Crippen LogP contribution in [0.4, 0.5) is 5.95 Å². The number of anilines is 1. The summed E-state index contributed by atoms with van der Waals surface area (Å²) >= 11 is 0. The predicted molar refractivity (Wildman–Crippen MR) is 128 cm³/mol. The summed E-state index contributed by atoms with van der Waals surface area (Å²) in [5.74, 6) is -1.94. The van der Waals surface area contributed by atoms with Crippen molar-refractivity contribution in [1.29, 1.82) is 0 Å². The predicted octanol–water partition coefficient (Wildman–Crippen LogP) is 2.40. The van der Waals surface area contributed by atoms with E-state index in [4.69, 9.17) is 15.2 Å². The number of aromatic hydroxyl groups is 1. The van der Waals surface area contributed by atoms with Gasteiger partial charge < -0.3 is 30.6 Å². The van der Waals surface area contributed by atoms with Gasteiger partial charge in [-0.1, -0.05) is 19.1 Å². The zero-order chi connectivity index (χ0) is 25.5. The zero-order valence-electron chi connectivity index (χ0n) is 19.8. The summed E-state index contributed by atoms with van der Waals surface area (Å²) < 4.78 is 9.92. The van der Waals surface area contributed by atoms with Gasteiger partial charge in [0.15, 0.2) is 0 Å². The number of aromatic nitrogens is 3. The molecule has 0 bridgehead atoms. The first-order valence-electron chi connectivity index (χ1n) is 11.3. The lowest BCUT2D eigenvalue weighted by Crippen LogP contribution is -2.42. The molecule has 0 fully saturated rings. The highest BCUT2D eigenvalue weighted by molar-refractivity contribution is 5.97. The number of nitrogens with two attached hydrogens (primary N) is 1. The van der Waals surface area contributed by atoms with Crippen LogP contribution >= 0.6 is 0 Å². The normalized spacial score (nSPS) is 12.7. The molecule has 35 heavy (non-hydrogen) atoms. The van der Waals surface area contributed by atoms with Crippen molar-refractivity contribution in [2.75, 3.05) is 18.9 Å². The summed E-state index contributed by atoms with van der Waals surface area (Å²) in [4.78, 5) is 47.7. The molecule has 186 valence electrons. The number of H-pyrrole nitrogens is 1. The average Bonchev–Trinajstić information content (AvgIpc) is 3.25. The van der Waals surface area contributed by atoms with E-state index in [2.05, 4.69) is 20.3 Å². The molecule has 0 aliphatic rings. The first-order chi connectivity index (χ1) is 16.7. The number of rotatable bonds is 10. The minimum Gasteiger partial charge on any atom is -0.493 e. The molecule has 2 atom stereocenters. The third-order valence-corrected chi connectivity index (χ3v) is 5.52. The van der Waals surface area contributed by atoms with Gasteiger partial charge in [0.1, 0.15) is 11.7 Å². The number of hydrogen-bond donors (Lipinski definition) is 4. The van der Waals surface area contributed by atoms with Crippen molar-refractivity contribution in [3.63, 3.8) is 0 Å². The Morgan fingerprint density at radius 1 is 1.11 bits per heavy atom. The number of carbonyl (C=O) groups excluding carboxylic acids is 3. The van der Waals surface area contributed by atoms with Gasteiger partial charge >= 0.3 is 11.9 Å². The summed E-state index contributed by atoms with van der Waals surface area (Å²) in [6, 6.07) is 5.86. The second-order valence-electron chi connectivity index (χ2n) is 7.84. The van der Waals surface area contributed by atoms with E-state index in [1.54, 1.807) is 44.3 Å². The quantitative estimate of drug-likeness (QED) is 0.316. The lowest BCUT2D eigenvalue weighted by molar-refractivity contribution is -0.146. The number of amides is 1. The number of hydrogen-bond acceptors (Lipinski definition) is 9. The van der Waals surface area contributed by atoms with Crippen LogP contribution in [0.2, 0.25) is 0 Å². The molecule has 1 unspecified atom stereocenters. The van der Waals surface area contributed by atoms with E-state index >= 15 is 0 Å². The Morgan fingerprint density at radius 3 is 2.46 bits per heavy atom. The van der Waals surface area contributed by atoms with Gasteiger partial charge in [-0.25, -0.2) is 4.79 Å². The number of carbonyl (C=O) groups is 3. The van der Waals surface area contributed by atoms with Gasteiger partial charge in [0.2, 0.25) is 11.8 Å². The number of nitrogens with zero attached hydrogens (tertiary/aromatic N) is 2. The van der Waals surface area contributed by atoms with Gasteiger partial charge in [-0.15, -0.1) is 0 Å². The molecule has 0 radical (unpaired) electrons. The lowest BCUT2D eigenvalue weighted by atomic mass is 9.92. The highest BCUT2D eigenvalue weighted by atomic mass is 16.5. The highest BCUT2D eigenvalue weighted by Gasteiger charge is 2.24. The molecular weight excluding hydrogens is 454 g/mol. The molecule has 3 rings (SSSR count). The SMILES string of the molecule is CCOC(=O)CC[C@@H](NC(=O)c1ccc(C(C)c2c[nH]c3nc(N)nc(O)c23)cc1)C(=O)OCC. The van der Waals surface area contributed by atoms with Crippen molar-refractivity contribution in [3.8, 4) is 5.88 Å². The number of fused-ring (bicyclic) bond motifs is 1. The van der Waals surface area contributed by atoms with E-state index in [-0.39, 0.29) is 43.8 Å². The molecule has 2 heterocycles. The van der Waals surface area contributed by atoms with Crippen LogP contribution in [0, 0.1) is 0 Å². The van der Waals surface area contributed by atoms with Gasteiger partial charge in [-0.05, 0) is 43.5 Å². The standard InChI is InChI=1S/C24H29N5O6/c1-4-34-18(30)11-10-17(23(33)35-5-2)27-21(31)15-8-6-14(7-9-15)13(3)16-12-26-20-19(16)22(32)29-24(25)28-20/h6-9,12-13,17H,4-5,10-11H2,1-3H3,(H,27,31)(H4,25,26,28,29,32)/t13?,17-/m1/s1. The zero-order valence-corrected chi connectivity index (χ0v) is 19.8. The molecular formula is C24H29N5O6. The van der Waals surface area contributed by atoms with Crippen LogP contribution in [0.5, 0.6) is 5.88 Å². The minimum atomic E-state index is -0.980. The lowest BCUT2D eigenvalue weighted by Gasteiger charge is -2.17. The number of benzene rings is 1. The summed E-state index contributed by atoms with van der Waals surface area (Å²) in [7, 11) is 0. The van der Waals surface area contributed by atoms with Crippen LogP contribution in [-0.2, 0) is 19.1 Å². The molecule has 2 aromatic heterocycles. The second-order valence-corrected chi connectivity index (χ2v) is 7.84. The number of nitrogens with one attached hydrogen (secondary N) is 2. The number of aromatic amines is 1. The maximum atomic E-state index is 12.8. The molecule has 1 amide bonds. The smallest absolute Gasteiger partial charge is 0.328 e. The fourth-order valence-corrected chi connectivity index (χ4v) is 3.73. The van der Waals surface area contributed by atoms with E-state index in [1.807, 2.05) is 6.92 Å². The van der Waals surface area contributed by atoms with E-state index < -0.39 is 23.9 Å². The molecule has 1 aromatic carbocycles. The fourth-order valence-electron chi connectivity index (χ4n) is 3.73. The summed E-state index contributed by atoms with van der Waals surface area (Å²) in [5, 5.41) is 13.4. The summed E-state index contributed by atoms with van der Waals surface area (Å²) in [6.45, 7) is 5.69. The summed E-state index contributed by atoms with van der Waals surface area (Å²) in [6.07, 6.45) is 1.77. The number of ether oxygens (including phenoxy) is 2. The largest absolute Gasteiger partial charge is 0.493 e. The van der Waals surface area contributed by atoms with Crippen molar-refractivity contribution in [2.45, 2.75) is 45.6 Å². The molecule has 0 spiro atoms. The number of nitrogen functional groups attached to an aromatic ring is 1. The Labute approximate surface area is 202 Å². The van der Waals surface area contributed by atoms with Gasteiger partial charge in [0.25, 0.3) is 5.91 Å². The van der Waals surface area contributed by atoms with Gasteiger partial charge in [-0.3, -0.25) is 9.59 Å². The molecule has 0 aliphatic carbocycles. The summed E-state index contributed by atoms with van der Waals surface area (Å²) in [5.41, 5.74) is 8.01. The van der Waals surface area contributed by atoms with Crippen LogP contribution in [0.25, 0.3) is 11.0 Å². The Kier molecular flexibility index (Phi) is 8.24. The van der Waals surface area contributed by atoms with Gasteiger partial charge in [-0.2, -0.15) is 9.97 Å². The van der Waals surface area contributed by atoms with E-state index in [9.17, 15) is 19.5 Å². The van der Waals surface area contributed by atoms with Crippen LogP contribution < -0.4 is 11.1 Å². The van der Waals surface area contributed by atoms with Gasteiger partial charge in [0, 0.05) is 24.1 Å². The molecule has 0 aliphatic heterocycles. The topological polar surface area (TPSA) is 170 Å². The average molecular weight is 484 g/mol. The molecule has 3 aromatic rings. The van der Waals surface area contributed by atoms with Gasteiger partial charge in [0.05, 0.1) is 18.6 Å². The van der Waals surface area contributed by atoms with E-state index in [0.717, 1.165) is 11.1 Å². The molecule has 0 saturated carbocycles. The van der Waals surface area contributed by atoms with Crippen molar-refractivity contribution >= 4 is 34.8 Å². The third-order valence-electron chi connectivity index (χ3n) is 5.52. The maximum absolute atomic E-state index is 12.8. The van der Waals surface area contributed by atoms with E-state index in [0.29, 0.717) is 16.6 Å². The van der Waals surface area contributed by atoms with Crippen molar-refractivity contribution in [2.24, 2.45) is 0 Å². The van der Waals surface area contributed by atoms with Crippen LogP contribution in [0.3, 0.4) is 0 Å². The fraction of sp³-hybridized carbons (Fsp3) is 0.375. The Bertz CT molecular complexity index is 1210. The second kappa shape index (κ2) is 11.3. The van der Waals surface area contributed by atoms with Crippen LogP contribution in [0.1, 0.15) is 61.0 Å². The van der Waals surface area contributed by atoms with Crippen LogP contribution in [-0.4, -0.2) is 57.2 Å². The molecule has 11 nitrogen and oxygen atoms in total. The molecule has 0 saturated heterocycles. The Balaban J connectivity index is 1.73. The van der Waals surface area contributed by atoms with Crippen molar-refractivity contribution in [1.82, 2.24) is 20.3 Å². The minimum absolute atomic E-state index is 0.0269. The van der Waals surface area contributed by atoms with Crippen LogP contribution in [0.15, 0.2) is 30.5 Å². The first kappa shape index (κ1) is 25.5. The first-order valence-corrected chi connectivity index (χ1v) is 11.3. The third kappa shape index (κ3) is 6.05. The van der Waals surface area contributed by atoms with Crippen molar-refractivity contribution in [3.05, 3.63) is 47.2 Å². The Morgan fingerprint density at radius 2 is 1.80 bits per heavy atom. The Hall–Kier alpha value is -4.15.